The van der Waals surface area contributed by atoms with Crippen molar-refractivity contribution in [1.29, 1.82) is 0 Å². The second-order valence-corrected chi connectivity index (χ2v) is 6.13. The molecule has 0 spiro atoms. The zero-order chi connectivity index (χ0) is 18.1. The summed E-state index contributed by atoms with van der Waals surface area (Å²) in [5.41, 5.74) is 3.98. The first kappa shape index (κ1) is 16.1. The molecule has 3 heterocycles. The Morgan fingerprint density at radius 3 is 2.96 bits per heavy atom. The minimum Gasteiger partial charge on any atom is -0.447 e. The van der Waals surface area contributed by atoms with Crippen molar-refractivity contribution in [3.63, 3.8) is 0 Å². The number of aromatic nitrogens is 2. The van der Waals surface area contributed by atoms with Crippen LogP contribution in [0.4, 0.5) is 10.5 Å². The number of amides is 1. The highest BCUT2D eigenvalue weighted by molar-refractivity contribution is 6.07. The van der Waals surface area contributed by atoms with Gasteiger partial charge in [-0.3, -0.25) is 9.69 Å². The molecule has 1 aliphatic rings. The zero-order valence-electron chi connectivity index (χ0n) is 14.3. The lowest BCUT2D eigenvalue weighted by Crippen LogP contribution is -2.23. The highest BCUT2D eigenvalue weighted by atomic mass is 16.6. The molecule has 0 bridgehead atoms. The third kappa shape index (κ3) is 2.97. The number of pyridine rings is 1. The molecule has 130 valence electrons. The molecule has 0 unspecified atom stereocenters. The van der Waals surface area contributed by atoms with Crippen molar-refractivity contribution in [1.82, 2.24) is 9.38 Å². The maximum atomic E-state index is 12.5. The van der Waals surface area contributed by atoms with Gasteiger partial charge in [0.05, 0.1) is 18.4 Å². The highest BCUT2D eigenvalue weighted by Crippen LogP contribution is 2.20. The van der Waals surface area contributed by atoms with E-state index in [-0.39, 0.29) is 11.9 Å². The lowest BCUT2D eigenvalue weighted by atomic mass is 10.1. The van der Waals surface area contributed by atoms with E-state index in [0.717, 1.165) is 16.9 Å². The van der Waals surface area contributed by atoms with Crippen LogP contribution < -0.4 is 4.90 Å². The number of anilines is 1. The Morgan fingerprint density at radius 1 is 1.27 bits per heavy atom. The Bertz CT molecular complexity index is 1040. The Labute approximate surface area is 150 Å². The summed E-state index contributed by atoms with van der Waals surface area (Å²) in [6.45, 7) is 2.87. The standard InChI is InChI=1S/C20H17N3O3/c1-14-7-8-22-17(13-21-19(22)11-14)5-6-18(24)15-3-2-4-16(12-15)23-9-10-26-20(23)25/h2-8,11-13H,9-10H2,1H3/b6-5+. The summed E-state index contributed by atoms with van der Waals surface area (Å²) in [7, 11) is 0. The third-order valence-electron chi connectivity index (χ3n) is 4.31. The van der Waals surface area contributed by atoms with Gasteiger partial charge in [-0.1, -0.05) is 12.1 Å². The molecule has 0 atom stereocenters. The molecule has 0 N–H and O–H groups in total. The van der Waals surface area contributed by atoms with Gasteiger partial charge in [-0.05, 0) is 48.9 Å². The van der Waals surface area contributed by atoms with Gasteiger partial charge in [0.25, 0.3) is 0 Å². The molecule has 0 aliphatic carbocycles. The van der Waals surface area contributed by atoms with Crippen LogP contribution in [0.15, 0.2) is 54.9 Å². The average molecular weight is 347 g/mol. The van der Waals surface area contributed by atoms with Gasteiger partial charge in [0.15, 0.2) is 5.78 Å². The molecule has 26 heavy (non-hydrogen) atoms. The van der Waals surface area contributed by atoms with Gasteiger partial charge >= 0.3 is 6.09 Å². The number of rotatable bonds is 4. The van der Waals surface area contributed by atoms with Crippen LogP contribution in [-0.2, 0) is 4.74 Å². The summed E-state index contributed by atoms with van der Waals surface area (Å²) in [6.07, 6.45) is 6.54. The number of cyclic esters (lactones) is 1. The summed E-state index contributed by atoms with van der Waals surface area (Å²) in [5, 5.41) is 0. The molecule has 0 radical (unpaired) electrons. The van der Waals surface area contributed by atoms with Gasteiger partial charge in [0, 0.05) is 17.4 Å². The van der Waals surface area contributed by atoms with Crippen LogP contribution in [0.25, 0.3) is 11.7 Å². The molecule has 1 aromatic carbocycles. The van der Waals surface area contributed by atoms with Crippen molar-refractivity contribution in [2.24, 2.45) is 0 Å². The van der Waals surface area contributed by atoms with Gasteiger partial charge in [-0.25, -0.2) is 9.78 Å². The lowest BCUT2D eigenvalue weighted by molar-refractivity contribution is 0.104. The predicted molar refractivity (Wildman–Crippen MR) is 98.4 cm³/mol. The number of nitrogens with zero attached hydrogens (tertiary/aromatic N) is 3. The number of hydrogen-bond acceptors (Lipinski definition) is 4. The number of carbonyl (C=O) groups is 2. The largest absolute Gasteiger partial charge is 0.447 e. The number of ketones is 1. The Kier molecular flexibility index (Phi) is 4.01. The summed E-state index contributed by atoms with van der Waals surface area (Å²) in [6, 6.07) is 11.0. The van der Waals surface area contributed by atoms with E-state index in [0.29, 0.717) is 24.4 Å². The number of imidazole rings is 1. The Morgan fingerprint density at radius 2 is 2.15 bits per heavy atom. The van der Waals surface area contributed by atoms with Crippen LogP contribution in [-0.4, -0.2) is 34.4 Å². The fourth-order valence-electron chi connectivity index (χ4n) is 2.94. The van der Waals surface area contributed by atoms with E-state index in [1.165, 1.54) is 11.0 Å². The van der Waals surface area contributed by atoms with Crippen molar-refractivity contribution in [3.8, 4) is 0 Å². The van der Waals surface area contributed by atoms with E-state index in [1.807, 2.05) is 29.7 Å². The minimum absolute atomic E-state index is 0.138. The second kappa shape index (κ2) is 6.48. The van der Waals surface area contributed by atoms with Crippen molar-refractivity contribution in [2.45, 2.75) is 6.92 Å². The number of carbonyl (C=O) groups excluding carboxylic acids is 2. The molecule has 4 rings (SSSR count). The van der Waals surface area contributed by atoms with E-state index < -0.39 is 0 Å². The minimum atomic E-state index is -0.383. The van der Waals surface area contributed by atoms with Gasteiger partial charge in [-0.2, -0.15) is 0 Å². The maximum Gasteiger partial charge on any atom is 0.414 e. The number of aryl methyl sites for hydroxylation is 1. The monoisotopic (exact) mass is 347 g/mol. The zero-order valence-corrected chi connectivity index (χ0v) is 14.3. The Hall–Kier alpha value is -3.41. The van der Waals surface area contributed by atoms with Crippen LogP contribution in [0.3, 0.4) is 0 Å². The molecule has 0 saturated carbocycles. The van der Waals surface area contributed by atoms with Gasteiger partial charge in [0.2, 0.25) is 0 Å². The smallest absolute Gasteiger partial charge is 0.414 e. The van der Waals surface area contributed by atoms with Crippen LogP contribution in [0, 0.1) is 6.92 Å². The molecule has 3 aromatic rings. The van der Waals surface area contributed by atoms with E-state index in [2.05, 4.69) is 4.98 Å². The van der Waals surface area contributed by atoms with E-state index >= 15 is 0 Å². The molecule has 1 saturated heterocycles. The molecule has 6 heteroatoms. The molecule has 1 fully saturated rings. The summed E-state index contributed by atoms with van der Waals surface area (Å²) < 4.78 is 6.87. The van der Waals surface area contributed by atoms with Crippen LogP contribution in [0.2, 0.25) is 0 Å². The number of ether oxygens (including phenoxy) is 1. The summed E-state index contributed by atoms with van der Waals surface area (Å²) >= 11 is 0. The number of hydrogen-bond donors (Lipinski definition) is 0. The lowest BCUT2D eigenvalue weighted by Gasteiger charge is -2.13. The van der Waals surface area contributed by atoms with Crippen LogP contribution in [0.5, 0.6) is 0 Å². The highest BCUT2D eigenvalue weighted by Gasteiger charge is 2.23. The van der Waals surface area contributed by atoms with Crippen molar-refractivity contribution in [3.05, 3.63) is 71.7 Å². The van der Waals surface area contributed by atoms with E-state index in [9.17, 15) is 9.59 Å². The predicted octanol–water partition coefficient (Wildman–Crippen LogP) is 3.50. The average Bonchev–Trinajstić information content (AvgIpc) is 3.25. The molecule has 1 amide bonds. The first-order valence-electron chi connectivity index (χ1n) is 8.32. The normalized spacial score (nSPS) is 14.3. The molecular weight excluding hydrogens is 330 g/mol. The van der Waals surface area contributed by atoms with E-state index in [1.54, 1.807) is 36.5 Å². The van der Waals surface area contributed by atoms with Crippen LogP contribution >= 0.6 is 0 Å². The summed E-state index contributed by atoms with van der Waals surface area (Å²) in [4.78, 5) is 30.1. The number of benzene rings is 1. The van der Waals surface area contributed by atoms with Gasteiger partial charge < -0.3 is 9.14 Å². The fourth-order valence-corrected chi connectivity index (χ4v) is 2.94. The van der Waals surface area contributed by atoms with E-state index in [4.69, 9.17) is 4.74 Å². The van der Waals surface area contributed by atoms with Gasteiger partial charge in [-0.15, -0.1) is 0 Å². The third-order valence-corrected chi connectivity index (χ3v) is 4.31. The number of fused-ring (bicyclic) bond motifs is 1. The topological polar surface area (TPSA) is 63.9 Å². The van der Waals surface area contributed by atoms with Gasteiger partial charge in [0.1, 0.15) is 12.3 Å². The fraction of sp³-hybridized carbons (Fsp3) is 0.150. The first-order valence-corrected chi connectivity index (χ1v) is 8.32. The van der Waals surface area contributed by atoms with Crippen molar-refractivity contribution >= 4 is 29.3 Å². The first-order chi connectivity index (χ1) is 12.6. The molecule has 1 aliphatic heterocycles. The van der Waals surface area contributed by atoms with Crippen molar-refractivity contribution in [2.75, 3.05) is 18.1 Å². The summed E-state index contributed by atoms with van der Waals surface area (Å²) in [5.74, 6) is -0.138. The molecular formula is C20H17N3O3. The maximum absolute atomic E-state index is 12.5. The second-order valence-electron chi connectivity index (χ2n) is 6.13. The van der Waals surface area contributed by atoms with Crippen LogP contribution in [0.1, 0.15) is 21.6 Å². The molecule has 6 nitrogen and oxygen atoms in total. The SMILES string of the molecule is Cc1ccn2c(/C=C/C(=O)c3cccc(N4CCOC4=O)c3)cnc2c1. The quantitative estimate of drug-likeness (QED) is 0.535. The Balaban J connectivity index is 1.57. The van der Waals surface area contributed by atoms with Crippen molar-refractivity contribution < 1.29 is 14.3 Å². The number of allylic oxidation sites excluding steroid dienone is 1. The molecule has 2 aromatic heterocycles.